The predicted molar refractivity (Wildman–Crippen MR) is 62.9 cm³/mol. The molecule has 96 valence electrons. The van der Waals surface area contributed by atoms with Gasteiger partial charge in [-0.2, -0.15) is 5.26 Å². The van der Waals surface area contributed by atoms with E-state index in [9.17, 15) is 17.9 Å². The van der Waals surface area contributed by atoms with Gasteiger partial charge in [-0.3, -0.25) is 0 Å². The van der Waals surface area contributed by atoms with E-state index in [-0.39, 0.29) is 0 Å². The summed E-state index contributed by atoms with van der Waals surface area (Å²) in [6.45, 7) is -0.553. The van der Waals surface area contributed by atoms with Gasteiger partial charge < -0.3 is 5.11 Å². The summed E-state index contributed by atoms with van der Waals surface area (Å²) in [4.78, 5) is 0. The predicted octanol–water partition coefficient (Wildman–Crippen LogP) is 0.838. The van der Waals surface area contributed by atoms with Crippen molar-refractivity contribution in [3.63, 3.8) is 0 Å². The quantitative estimate of drug-likeness (QED) is 0.882. The van der Waals surface area contributed by atoms with Crippen LogP contribution >= 0.6 is 0 Å². The van der Waals surface area contributed by atoms with E-state index in [2.05, 4.69) is 0 Å². The van der Waals surface area contributed by atoms with Crippen molar-refractivity contribution in [3.05, 3.63) is 35.6 Å². The van der Waals surface area contributed by atoms with Gasteiger partial charge in [0.15, 0.2) is 9.84 Å². The highest BCUT2D eigenvalue weighted by Crippen LogP contribution is 2.62. The summed E-state index contributed by atoms with van der Waals surface area (Å²) in [6.07, 6.45) is 1.03. The average molecular weight is 269 g/mol. The van der Waals surface area contributed by atoms with Gasteiger partial charge in [0.25, 0.3) is 0 Å². The third-order valence-electron chi connectivity index (χ3n) is 3.40. The fourth-order valence-electron chi connectivity index (χ4n) is 2.56. The van der Waals surface area contributed by atoms with E-state index in [1.165, 1.54) is 18.2 Å². The Morgan fingerprint density at radius 3 is 2.61 bits per heavy atom. The highest BCUT2D eigenvalue weighted by atomic mass is 32.2. The number of hydrogen-bond donors (Lipinski definition) is 1. The molecule has 1 fully saturated rings. The van der Waals surface area contributed by atoms with E-state index in [4.69, 9.17) is 5.26 Å². The molecule has 0 aliphatic heterocycles. The summed E-state index contributed by atoms with van der Waals surface area (Å²) in [6, 6.07) is 7.36. The van der Waals surface area contributed by atoms with Crippen molar-refractivity contribution in [2.45, 2.75) is 11.2 Å². The number of nitrogens with zero attached hydrogens (tertiary/aromatic N) is 1. The van der Waals surface area contributed by atoms with Gasteiger partial charge in [0.2, 0.25) is 0 Å². The van der Waals surface area contributed by atoms with E-state index in [0.717, 1.165) is 6.26 Å². The maximum absolute atomic E-state index is 13.1. The van der Waals surface area contributed by atoms with Gasteiger partial charge >= 0.3 is 0 Å². The first-order chi connectivity index (χ1) is 8.36. The number of hydrogen-bond acceptors (Lipinski definition) is 4. The van der Waals surface area contributed by atoms with Gasteiger partial charge in [-0.1, -0.05) is 12.1 Å². The standard InChI is InChI=1S/C12H12FNO3S/c1-18(16,17)11-10(12(11,6-14)7-15)8-3-2-4-9(13)5-8/h2-5,10-11,15H,7H2,1H3/t10-,11-,12+/m1/s1. The molecule has 1 aliphatic carbocycles. The number of rotatable bonds is 3. The van der Waals surface area contributed by atoms with Gasteiger partial charge in [-0.25, -0.2) is 12.8 Å². The van der Waals surface area contributed by atoms with Crippen LogP contribution < -0.4 is 0 Å². The molecule has 1 aromatic rings. The SMILES string of the molecule is CS(=O)(=O)[C@@H]1[C@@H](c2cccc(F)c2)[C@]1(C#N)CO. The van der Waals surface area contributed by atoms with Crippen LogP contribution in [0.3, 0.4) is 0 Å². The molecule has 1 N–H and O–H groups in total. The molecule has 18 heavy (non-hydrogen) atoms. The Morgan fingerprint density at radius 1 is 1.56 bits per heavy atom. The van der Waals surface area contributed by atoms with Crippen LogP contribution in [0.1, 0.15) is 11.5 Å². The molecule has 1 aromatic carbocycles. The number of halogens is 1. The minimum Gasteiger partial charge on any atom is -0.395 e. The van der Waals surface area contributed by atoms with E-state index >= 15 is 0 Å². The summed E-state index contributed by atoms with van der Waals surface area (Å²) in [5.41, 5.74) is -0.914. The third kappa shape index (κ3) is 1.80. The van der Waals surface area contributed by atoms with Crippen molar-refractivity contribution in [2.75, 3.05) is 12.9 Å². The van der Waals surface area contributed by atoms with Crippen molar-refractivity contribution >= 4 is 9.84 Å². The lowest BCUT2D eigenvalue weighted by Crippen LogP contribution is -2.16. The van der Waals surface area contributed by atoms with Crippen molar-refractivity contribution in [2.24, 2.45) is 5.41 Å². The number of sulfone groups is 1. The molecular weight excluding hydrogens is 257 g/mol. The summed E-state index contributed by atoms with van der Waals surface area (Å²) in [5, 5.41) is 17.5. The molecule has 0 aromatic heterocycles. The molecule has 0 radical (unpaired) electrons. The van der Waals surface area contributed by atoms with Crippen molar-refractivity contribution in [1.82, 2.24) is 0 Å². The lowest BCUT2D eigenvalue weighted by molar-refractivity contribution is 0.242. The molecule has 4 nitrogen and oxygen atoms in total. The monoisotopic (exact) mass is 269 g/mol. The summed E-state index contributed by atoms with van der Waals surface area (Å²) in [7, 11) is -3.48. The largest absolute Gasteiger partial charge is 0.395 e. The molecule has 3 atom stereocenters. The highest BCUT2D eigenvalue weighted by Gasteiger charge is 2.70. The smallest absolute Gasteiger partial charge is 0.152 e. The van der Waals surface area contributed by atoms with E-state index in [1.54, 1.807) is 6.07 Å². The maximum atomic E-state index is 13.1. The molecule has 0 unspecified atom stereocenters. The van der Waals surface area contributed by atoms with Crippen LogP contribution in [0.2, 0.25) is 0 Å². The minimum absolute atomic E-state index is 0.432. The van der Waals surface area contributed by atoms with Crippen LogP contribution in [0, 0.1) is 22.6 Å². The molecule has 6 heteroatoms. The van der Waals surface area contributed by atoms with Crippen LogP contribution in [0.5, 0.6) is 0 Å². The molecule has 1 saturated carbocycles. The van der Waals surface area contributed by atoms with Crippen LogP contribution in [0.25, 0.3) is 0 Å². The lowest BCUT2D eigenvalue weighted by Gasteiger charge is -2.03. The Kier molecular flexibility index (Phi) is 2.92. The zero-order valence-electron chi connectivity index (χ0n) is 9.67. The summed E-state index contributed by atoms with van der Waals surface area (Å²) in [5.74, 6) is -1.16. The van der Waals surface area contributed by atoms with Gasteiger partial charge in [-0.15, -0.1) is 0 Å². The van der Waals surface area contributed by atoms with Gasteiger partial charge in [0.1, 0.15) is 11.2 Å². The van der Waals surface area contributed by atoms with E-state index < -0.39 is 38.8 Å². The first-order valence-electron chi connectivity index (χ1n) is 5.33. The molecule has 0 amide bonds. The number of benzene rings is 1. The second-order valence-electron chi connectivity index (χ2n) is 4.59. The first kappa shape index (κ1) is 13.0. The van der Waals surface area contributed by atoms with Crippen molar-refractivity contribution < 1.29 is 17.9 Å². The fourth-order valence-corrected chi connectivity index (χ4v) is 4.42. The minimum atomic E-state index is -3.48. The molecule has 0 spiro atoms. The number of nitriles is 1. The topological polar surface area (TPSA) is 78.2 Å². The molecule has 0 heterocycles. The molecule has 2 rings (SSSR count). The summed E-state index contributed by atoms with van der Waals surface area (Å²) >= 11 is 0. The average Bonchev–Trinajstić information content (AvgIpc) is 2.98. The van der Waals surface area contributed by atoms with Crippen LogP contribution in [-0.4, -0.2) is 31.6 Å². The Hall–Kier alpha value is -1.45. The summed E-state index contributed by atoms with van der Waals surface area (Å²) < 4.78 is 36.4. The second kappa shape index (κ2) is 4.04. The van der Waals surface area contributed by atoms with Crippen molar-refractivity contribution in [3.8, 4) is 6.07 Å². The van der Waals surface area contributed by atoms with Crippen LogP contribution in [-0.2, 0) is 9.84 Å². The number of aliphatic hydroxyl groups excluding tert-OH is 1. The van der Waals surface area contributed by atoms with Crippen LogP contribution in [0.4, 0.5) is 4.39 Å². The normalized spacial score (nSPS) is 30.8. The van der Waals surface area contributed by atoms with Gasteiger partial charge in [0, 0.05) is 12.2 Å². The fraction of sp³-hybridized carbons (Fsp3) is 0.417. The highest BCUT2D eigenvalue weighted by molar-refractivity contribution is 7.91. The van der Waals surface area contributed by atoms with Gasteiger partial charge in [0.05, 0.1) is 17.9 Å². The maximum Gasteiger partial charge on any atom is 0.152 e. The zero-order chi connectivity index (χ0) is 13.6. The Morgan fingerprint density at radius 2 is 2.22 bits per heavy atom. The Balaban J connectivity index is 2.49. The van der Waals surface area contributed by atoms with Gasteiger partial charge in [-0.05, 0) is 17.7 Å². The zero-order valence-corrected chi connectivity index (χ0v) is 10.5. The Bertz CT molecular complexity index is 622. The third-order valence-corrected chi connectivity index (χ3v) is 5.01. The lowest BCUT2D eigenvalue weighted by atomic mass is 10.0. The first-order valence-corrected chi connectivity index (χ1v) is 7.28. The number of aliphatic hydroxyl groups is 1. The Labute approximate surface area is 105 Å². The van der Waals surface area contributed by atoms with E-state index in [0.29, 0.717) is 5.56 Å². The van der Waals surface area contributed by atoms with E-state index in [1.807, 2.05) is 6.07 Å². The van der Waals surface area contributed by atoms with Crippen LogP contribution in [0.15, 0.2) is 24.3 Å². The molecule has 1 aliphatic rings. The second-order valence-corrected chi connectivity index (χ2v) is 6.76. The molecular formula is C12H12FNO3S. The molecule has 0 saturated heterocycles. The molecule has 0 bridgehead atoms. The van der Waals surface area contributed by atoms with Crippen molar-refractivity contribution in [1.29, 1.82) is 5.26 Å².